The van der Waals surface area contributed by atoms with E-state index in [1.807, 2.05) is 60.7 Å². The highest BCUT2D eigenvalue weighted by atomic mass is 32.2. The van der Waals surface area contributed by atoms with Gasteiger partial charge in [-0.2, -0.15) is 11.8 Å². The minimum atomic E-state index is -0.998. The molecule has 4 rings (SSSR count). The predicted octanol–water partition coefficient (Wildman–Crippen LogP) is 3.31. The van der Waals surface area contributed by atoms with Gasteiger partial charge in [0.05, 0.1) is 5.75 Å². The van der Waals surface area contributed by atoms with Crippen LogP contribution in [0.1, 0.15) is 30.4 Å². The maximum absolute atomic E-state index is 12.2. The first-order chi connectivity index (χ1) is 16.1. The van der Waals surface area contributed by atoms with Crippen LogP contribution in [0.5, 0.6) is 0 Å². The highest BCUT2D eigenvalue weighted by molar-refractivity contribution is 8.00. The first-order valence-electron chi connectivity index (χ1n) is 11.8. The minimum absolute atomic E-state index is 0.102. The molecule has 0 atom stereocenters. The van der Waals surface area contributed by atoms with Crippen molar-refractivity contribution in [3.63, 3.8) is 0 Å². The fourth-order valence-electron chi connectivity index (χ4n) is 4.92. The van der Waals surface area contributed by atoms with Crippen molar-refractivity contribution >= 4 is 23.7 Å². The predicted molar refractivity (Wildman–Crippen MR) is 132 cm³/mol. The van der Waals surface area contributed by atoms with Crippen molar-refractivity contribution in [3.05, 3.63) is 71.8 Å². The molecule has 2 N–H and O–H groups in total. The van der Waals surface area contributed by atoms with Crippen LogP contribution in [-0.4, -0.2) is 71.1 Å². The van der Waals surface area contributed by atoms with Crippen molar-refractivity contribution in [2.75, 3.05) is 44.2 Å². The largest absolute Gasteiger partial charge is 0.380 e. The van der Waals surface area contributed by atoms with E-state index < -0.39 is 5.60 Å². The molecular weight excluding hydrogens is 434 g/mol. The number of likely N-dealkylation sites (tertiary alicyclic amines) is 1. The van der Waals surface area contributed by atoms with Gasteiger partial charge in [0.15, 0.2) is 0 Å². The Bertz CT molecular complexity index is 877. The van der Waals surface area contributed by atoms with Crippen LogP contribution in [0.25, 0.3) is 0 Å². The number of hydrogen-bond donors (Lipinski definition) is 2. The summed E-state index contributed by atoms with van der Waals surface area (Å²) < 4.78 is 0. The number of carbonyl (C=O) groups is 2. The Labute approximate surface area is 200 Å². The van der Waals surface area contributed by atoms with Gasteiger partial charge < -0.3 is 15.3 Å². The molecule has 2 fully saturated rings. The molecule has 0 radical (unpaired) electrons. The van der Waals surface area contributed by atoms with Crippen LogP contribution in [0.2, 0.25) is 0 Å². The number of rotatable bonds is 7. The van der Waals surface area contributed by atoms with E-state index in [1.165, 1.54) is 4.90 Å². The SMILES string of the molecule is O=C1CSCCN1C(=O)NCCCN1CCC(C(O)(c2ccccc2)c2ccccc2)CC1. The van der Waals surface area contributed by atoms with Crippen LogP contribution >= 0.6 is 11.8 Å². The van der Waals surface area contributed by atoms with E-state index in [2.05, 4.69) is 10.2 Å². The fraction of sp³-hybridized carbons (Fsp3) is 0.462. The van der Waals surface area contributed by atoms with Gasteiger partial charge in [-0.3, -0.25) is 9.69 Å². The molecule has 176 valence electrons. The third-order valence-corrected chi connectivity index (χ3v) is 7.69. The van der Waals surface area contributed by atoms with Crippen LogP contribution in [-0.2, 0) is 10.4 Å². The van der Waals surface area contributed by atoms with Gasteiger partial charge in [-0.05, 0) is 55.9 Å². The summed E-state index contributed by atoms with van der Waals surface area (Å²) in [5.41, 5.74) is 0.896. The van der Waals surface area contributed by atoms with E-state index in [4.69, 9.17) is 0 Å². The fourth-order valence-corrected chi connectivity index (χ4v) is 5.71. The molecule has 2 heterocycles. The molecule has 2 aliphatic heterocycles. The highest BCUT2D eigenvalue weighted by Gasteiger charge is 2.41. The number of aliphatic hydroxyl groups is 1. The third kappa shape index (κ3) is 5.60. The molecule has 0 bridgehead atoms. The van der Waals surface area contributed by atoms with E-state index in [9.17, 15) is 14.7 Å². The topological polar surface area (TPSA) is 72.9 Å². The Kier molecular flexibility index (Phi) is 8.06. The summed E-state index contributed by atoms with van der Waals surface area (Å²) in [6.07, 6.45) is 2.66. The molecule has 2 aromatic carbocycles. The van der Waals surface area contributed by atoms with Gasteiger partial charge >= 0.3 is 6.03 Å². The maximum atomic E-state index is 12.2. The average Bonchev–Trinajstić information content (AvgIpc) is 2.87. The zero-order chi connectivity index (χ0) is 23.1. The molecule has 0 saturated carbocycles. The van der Waals surface area contributed by atoms with Gasteiger partial charge in [0, 0.05) is 18.8 Å². The molecule has 0 unspecified atom stereocenters. The van der Waals surface area contributed by atoms with E-state index in [0.717, 1.165) is 55.8 Å². The van der Waals surface area contributed by atoms with Crippen LogP contribution in [0.15, 0.2) is 60.7 Å². The smallest absolute Gasteiger partial charge is 0.324 e. The molecule has 2 aromatic rings. The van der Waals surface area contributed by atoms with Crippen molar-refractivity contribution in [2.45, 2.75) is 24.9 Å². The summed E-state index contributed by atoms with van der Waals surface area (Å²) in [5.74, 6) is 1.24. The van der Waals surface area contributed by atoms with Gasteiger partial charge in [0.1, 0.15) is 5.60 Å². The van der Waals surface area contributed by atoms with Crippen LogP contribution in [0.4, 0.5) is 4.79 Å². The number of nitrogens with zero attached hydrogens (tertiary/aromatic N) is 2. The van der Waals surface area contributed by atoms with Crippen molar-refractivity contribution in [1.82, 2.24) is 15.1 Å². The zero-order valence-electron chi connectivity index (χ0n) is 19.0. The second-order valence-electron chi connectivity index (χ2n) is 8.80. The first kappa shape index (κ1) is 23.8. The number of thioether (sulfide) groups is 1. The molecule has 0 aliphatic carbocycles. The van der Waals surface area contributed by atoms with E-state index in [1.54, 1.807) is 11.8 Å². The summed E-state index contributed by atoms with van der Waals surface area (Å²) >= 11 is 1.57. The number of piperidine rings is 1. The van der Waals surface area contributed by atoms with Gasteiger partial charge in [-0.1, -0.05) is 60.7 Å². The summed E-state index contributed by atoms with van der Waals surface area (Å²) in [6, 6.07) is 19.7. The lowest BCUT2D eigenvalue weighted by Gasteiger charge is -2.42. The Balaban J connectivity index is 1.28. The molecule has 7 heteroatoms. The van der Waals surface area contributed by atoms with Gasteiger partial charge in [-0.25, -0.2) is 4.79 Å². The second-order valence-corrected chi connectivity index (χ2v) is 9.90. The summed E-state index contributed by atoms with van der Waals surface area (Å²) in [5, 5.41) is 14.9. The molecule has 2 saturated heterocycles. The maximum Gasteiger partial charge on any atom is 0.324 e. The molecule has 3 amide bonds. The molecule has 33 heavy (non-hydrogen) atoms. The zero-order valence-corrected chi connectivity index (χ0v) is 19.8. The van der Waals surface area contributed by atoms with Crippen molar-refractivity contribution in [3.8, 4) is 0 Å². The van der Waals surface area contributed by atoms with Crippen molar-refractivity contribution in [2.24, 2.45) is 5.92 Å². The Morgan fingerprint density at radius 2 is 1.61 bits per heavy atom. The molecule has 0 aromatic heterocycles. The van der Waals surface area contributed by atoms with Gasteiger partial charge in [0.2, 0.25) is 5.91 Å². The number of hydrogen-bond acceptors (Lipinski definition) is 5. The summed E-state index contributed by atoms with van der Waals surface area (Å²) in [7, 11) is 0. The number of urea groups is 1. The van der Waals surface area contributed by atoms with Gasteiger partial charge in [-0.15, -0.1) is 0 Å². The van der Waals surface area contributed by atoms with Crippen molar-refractivity contribution < 1.29 is 14.7 Å². The van der Waals surface area contributed by atoms with Crippen LogP contribution < -0.4 is 5.32 Å². The monoisotopic (exact) mass is 467 g/mol. The lowest BCUT2D eigenvalue weighted by molar-refractivity contribution is -0.125. The van der Waals surface area contributed by atoms with Crippen LogP contribution in [0, 0.1) is 5.92 Å². The molecule has 0 spiro atoms. The lowest BCUT2D eigenvalue weighted by atomic mass is 9.72. The van der Waals surface area contributed by atoms with Gasteiger partial charge in [0.25, 0.3) is 0 Å². The number of imide groups is 1. The molecule has 2 aliphatic rings. The lowest BCUT2D eigenvalue weighted by Crippen LogP contribution is -2.48. The van der Waals surface area contributed by atoms with Crippen LogP contribution in [0.3, 0.4) is 0 Å². The molecular formula is C26H33N3O3S. The summed E-state index contributed by atoms with van der Waals surface area (Å²) in [4.78, 5) is 27.8. The van der Waals surface area contributed by atoms with E-state index in [-0.39, 0.29) is 17.9 Å². The molecule has 6 nitrogen and oxygen atoms in total. The number of benzene rings is 2. The van der Waals surface area contributed by atoms with E-state index >= 15 is 0 Å². The first-order valence-corrected chi connectivity index (χ1v) is 13.0. The summed E-state index contributed by atoms with van der Waals surface area (Å²) in [6.45, 7) is 3.79. The van der Waals surface area contributed by atoms with Crippen molar-refractivity contribution in [1.29, 1.82) is 0 Å². The number of carbonyl (C=O) groups excluding carboxylic acids is 2. The average molecular weight is 468 g/mol. The van der Waals surface area contributed by atoms with E-state index in [0.29, 0.717) is 18.8 Å². The quantitative estimate of drug-likeness (QED) is 0.612. The minimum Gasteiger partial charge on any atom is -0.380 e. The number of amides is 3. The standard InChI is InChI=1S/C26H33N3O3S/c30-24-20-33-19-18-29(24)25(31)27-14-7-15-28-16-12-23(13-17-28)26(32,21-8-3-1-4-9-21)22-10-5-2-6-11-22/h1-6,8-11,23,32H,7,12-20H2,(H,27,31). The number of nitrogens with one attached hydrogen (secondary N) is 1. The Morgan fingerprint density at radius 3 is 2.18 bits per heavy atom. The normalized spacial score (nSPS) is 18.3. The Hall–Kier alpha value is -2.35. The highest BCUT2D eigenvalue weighted by Crippen LogP contribution is 2.41. The third-order valence-electron chi connectivity index (χ3n) is 6.76. The second kappa shape index (κ2) is 11.2. The Morgan fingerprint density at radius 1 is 1.00 bits per heavy atom.